The smallest absolute Gasteiger partial charge is 0.303 e. The molecule has 108 valence electrons. The number of amides is 1. The number of hydrogen-bond donors (Lipinski definition) is 1. The molecule has 20 heavy (non-hydrogen) atoms. The highest BCUT2D eigenvalue weighted by molar-refractivity contribution is 6.29. The van der Waals surface area contributed by atoms with E-state index in [1.807, 2.05) is 13.8 Å². The first kappa shape index (κ1) is 14.8. The van der Waals surface area contributed by atoms with Gasteiger partial charge >= 0.3 is 5.97 Å². The molecule has 1 saturated heterocycles. The van der Waals surface area contributed by atoms with Gasteiger partial charge in [-0.2, -0.15) is 0 Å². The van der Waals surface area contributed by atoms with Gasteiger partial charge < -0.3 is 10.0 Å². The van der Waals surface area contributed by atoms with Crippen molar-refractivity contribution >= 4 is 23.5 Å². The summed E-state index contributed by atoms with van der Waals surface area (Å²) >= 11 is 5.94. The SMILES string of the molecule is CC(C)c1cc(C(=O)N2CC(CC(=O)O)C2)cc(Cl)n1. The van der Waals surface area contributed by atoms with Crippen molar-refractivity contribution in [3.05, 3.63) is 28.5 Å². The lowest BCUT2D eigenvalue weighted by Crippen LogP contribution is -2.50. The van der Waals surface area contributed by atoms with Crippen LogP contribution in [0.15, 0.2) is 12.1 Å². The van der Waals surface area contributed by atoms with Crippen molar-refractivity contribution in [2.75, 3.05) is 13.1 Å². The first-order chi connectivity index (χ1) is 9.36. The van der Waals surface area contributed by atoms with Crippen LogP contribution in [0, 0.1) is 5.92 Å². The van der Waals surface area contributed by atoms with E-state index >= 15 is 0 Å². The quantitative estimate of drug-likeness (QED) is 0.866. The number of rotatable bonds is 4. The third-order valence-corrected chi connectivity index (χ3v) is 3.55. The molecule has 0 saturated carbocycles. The van der Waals surface area contributed by atoms with Gasteiger partial charge in [-0.1, -0.05) is 25.4 Å². The Hall–Kier alpha value is -1.62. The van der Waals surface area contributed by atoms with Gasteiger partial charge in [-0.3, -0.25) is 9.59 Å². The Morgan fingerprint density at radius 1 is 1.45 bits per heavy atom. The fraction of sp³-hybridized carbons (Fsp3) is 0.500. The van der Waals surface area contributed by atoms with E-state index in [9.17, 15) is 9.59 Å². The van der Waals surface area contributed by atoms with Crippen molar-refractivity contribution in [1.82, 2.24) is 9.88 Å². The molecule has 0 bridgehead atoms. The largest absolute Gasteiger partial charge is 0.481 e. The second-order valence-electron chi connectivity index (χ2n) is 5.43. The maximum atomic E-state index is 12.3. The lowest BCUT2D eigenvalue weighted by atomic mass is 9.95. The standard InChI is InChI=1S/C14H17ClN2O3/c1-8(2)11-4-10(5-12(15)16-11)14(20)17-6-9(7-17)3-13(18)19/h4-5,8-9H,3,6-7H2,1-2H3,(H,18,19). The van der Waals surface area contributed by atoms with E-state index in [0.717, 1.165) is 5.69 Å². The normalized spacial score (nSPS) is 15.3. The Kier molecular flexibility index (Phi) is 4.28. The third-order valence-electron chi connectivity index (χ3n) is 3.36. The van der Waals surface area contributed by atoms with Crippen LogP contribution in [0.2, 0.25) is 5.15 Å². The minimum atomic E-state index is -0.823. The van der Waals surface area contributed by atoms with Gasteiger partial charge in [0.05, 0.1) is 6.42 Å². The van der Waals surface area contributed by atoms with Crippen molar-refractivity contribution in [2.24, 2.45) is 5.92 Å². The van der Waals surface area contributed by atoms with E-state index in [1.54, 1.807) is 17.0 Å². The fourth-order valence-electron chi connectivity index (χ4n) is 2.23. The Morgan fingerprint density at radius 2 is 2.10 bits per heavy atom. The first-order valence-electron chi connectivity index (χ1n) is 6.55. The second kappa shape index (κ2) is 5.79. The molecule has 5 nitrogen and oxygen atoms in total. The van der Waals surface area contributed by atoms with Crippen molar-refractivity contribution in [1.29, 1.82) is 0 Å². The number of carboxylic acids is 1. The summed E-state index contributed by atoms with van der Waals surface area (Å²) in [6.07, 6.45) is 0.109. The topological polar surface area (TPSA) is 70.5 Å². The average Bonchev–Trinajstić information content (AvgIpc) is 2.31. The number of aliphatic carboxylic acids is 1. The minimum Gasteiger partial charge on any atom is -0.481 e. The summed E-state index contributed by atoms with van der Waals surface area (Å²) < 4.78 is 0. The molecule has 1 amide bonds. The summed E-state index contributed by atoms with van der Waals surface area (Å²) in [4.78, 5) is 28.7. The van der Waals surface area contributed by atoms with E-state index in [1.165, 1.54) is 0 Å². The first-order valence-corrected chi connectivity index (χ1v) is 6.93. The Morgan fingerprint density at radius 3 is 2.65 bits per heavy atom. The zero-order valence-corrected chi connectivity index (χ0v) is 12.2. The highest BCUT2D eigenvalue weighted by Crippen LogP contribution is 2.24. The Bertz CT molecular complexity index is 539. The van der Waals surface area contributed by atoms with Gasteiger partial charge in [0.1, 0.15) is 5.15 Å². The van der Waals surface area contributed by atoms with Crippen LogP contribution in [0.3, 0.4) is 0 Å². The van der Waals surface area contributed by atoms with Crippen molar-refractivity contribution < 1.29 is 14.7 Å². The number of nitrogens with zero attached hydrogens (tertiary/aromatic N) is 2. The summed E-state index contributed by atoms with van der Waals surface area (Å²) in [6, 6.07) is 3.31. The highest BCUT2D eigenvalue weighted by atomic mass is 35.5. The highest BCUT2D eigenvalue weighted by Gasteiger charge is 2.32. The Labute approximate surface area is 122 Å². The van der Waals surface area contributed by atoms with Gasteiger partial charge in [-0.25, -0.2) is 4.98 Å². The van der Waals surface area contributed by atoms with E-state index in [0.29, 0.717) is 23.8 Å². The number of likely N-dealkylation sites (tertiary alicyclic amines) is 1. The number of aromatic nitrogens is 1. The summed E-state index contributed by atoms with van der Waals surface area (Å²) in [5.74, 6) is -0.691. The molecule has 1 aliphatic heterocycles. The zero-order valence-electron chi connectivity index (χ0n) is 11.5. The van der Waals surface area contributed by atoms with Gasteiger partial charge in [0.25, 0.3) is 5.91 Å². The molecule has 0 unspecified atom stereocenters. The third kappa shape index (κ3) is 3.28. The number of pyridine rings is 1. The number of carbonyl (C=O) groups is 2. The van der Waals surface area contributed by atoms with Crippen LogP contribution >= 0.6 is 11.6 Å². The van der Waals surface area contributed by atoms with Crippen molar-refractivity contribution in [2.45, 2.75) is 26.2 Å². The maximum Gasteiger partial charge on any atom is 0.303 e. The molecular formula is C14H17ClN2O3. The summed E-state index contributed by atoms with van der Waals surface area (Å²) in [5, 5.41) is 9.00. The van der Waals surface area contributed by atoms with Crippen LogP contribution in [0.5, 0.6) is 0 Å². The van der Waals surface area contributed by atoms with Gasteiger partial charge in [-0.15, -0.1) is 0 Å². The summed E-state index contributed by atoms with van der Waals surface area (Å²) in [7, 11) is 0. The molecule has 0 aromatic carbocycles. The molecule has 1 aromatic rings. The van der Waals surface area contributed by atoms with Crippen LogP contribution in [-0.2, 0) is 4.79 Å². The van der Waals surface area contributed by atoms with Gasteiger partial charge in [-0.05, 0) is 18.1 Å². The Balaban J connectivity index is 2.06. The van der Waals surface area contributed by atoms with E-state index in [4.69, 9.17) is 16.7 Å². The molecule has 2 heterocycles. The van der Waals surface area contributed by atoms with E-state index in [2.05, 4.69) is 4.98 Å². The predicted molar refractivity (Wildman–Crippen MR) is 75.0 cm³/mol. The number of halogens is 1. The molecule has 0 spiro atoms. The van der Waals surface area contributed by atoms with Gasteiger partial charge in [0, 0.05) is 30.3 Å². The molecule has 0 aliphatic carbocycles. The van der Waals surface area contributed by atoms with E-state index in [-0.39, 0.29) is 24.2 Å². The average molecular weight is 297 g/mol. The minimum absolute atomic E-state index is 0.0540. The number of hydrogen-bond acceptors (Lipinski definition) is 3. The van der Waals surface area contributed by atoms with Crippen LogP contribution in [0.25, 0.3) is 0 Å². The second-order valence-corrected chi connectivity index (χ2v) is 5.82. The van der Waals surface area contributed by atoms with Crippen molar-refractivity contribution in [3.8, 4) is 0 Å². The molecule has 1 N–H and O–H groups in total. The van der Waals surface area contributed by atoms with Gasteiger partial charge in [0.15, 0.2) is 0 Å². The number of carboxylic acid groups (broad SMARTS) is 1. The van der Waals surface area contributed by atoms with Crippen LogP contribution in [0.1, 0.15) is 42.2 Å². The molecule has 1 fully saturated rings. The molecule has 2 rings (SSSR count). The maximum absolute atomic E-state index is 12.3. The molecular weight excluding hydrogens is 280 g/mol. The molecule has 0 atom stereocenters. The van der Waals surface area contributed by atoms with Crippen LogP contribution in [0.4, 0.5) is 0 Å². The molecule has 6 heteroatoms. The fourth-order valence-corrected chi connectivity index (χ4v) is 2.45. The summed E-state index contributed by atoms with van der Waals surface area (Å²) in [5.41, 5.74) is 1.30. The summed E-state index contributed by atoms with van der Waals surface area (Å²) in [6.45, 7) is 4.95. The zero-order chi connectivity index (χ0) is 14.9. The van der Waals surface area contributed by atoms with Gasteiger partial charge in [0.2, 0.25) is 0 Å². The predicted octanol–water partition coefficient (Wildman–Crippen LogP) is 2.41. The van der Waals surface area contributed by atoms with Crippen molar-refractivity contribution in [3.63, 3.8) is 0 Å². The van der Waals surface area contributed by atoms with Crippen LogP contribution in [-0.4, -0.2) is 40.0 Å². The molecule has 1 aromatic heterocycles. The van der Waals surface area contributed by atoms with E-state index < -0.39 is 5.97 Å². The lowest BCUT2D eigenvalue weighted by molar-refractivity contribution is -0.139. The monoisotopic (exact) mass is 296 g/mol. The number of carbonyl (C=O) groups excluding carboxylic acids is 1. The molecule has 0 radical (unpaired) electrons. The van der Waals surface area contributed by atoms with Crippen LogP contribution < -0.4 is 0 Å². The lowest BCUT2D eigenvalue weighted by Gasteiger charge is -2.38. The molecule has 1 aliphatic rings.